The Labute approximate surface area is 270 Å². The van der Waals surface area contributed by atoms with Crippen molar-refractivity contribution in [2.75, 3.05) is 25.1 Å². The van der Waals surface area contributed by atoms with E-state index in [1.807, 2.05) is 36.6 Å². The van der Waals surface area contributed by atoms with E-state index in [9.17, 15) is 28.8 Å². The Morgan fingerprint density at radius 2 is 1.51 bits per heavy atom. The molecule has 1 saturated heterocycles. The molecule has 0 radical (unpaired) electrons. The van der Waals surface area contributed by atoms with Gasteiger partial charge >= 0.3 is 0 Å². The number of amides is 6. The van der Waals surface area contributed by atoms with E-state index in [4.69, 9.17) is 0 Å². The van der Waals surface area contributed by atoms with Crippen molar-refractivity contribution in [1.29, 1.82) is 0 Å². The normalized spacial score (nSPS) is 26.4. The van der Waals surface area contributed by atoms with Gasteiger partial charge in [0.25, 0.3) is 0 Å². The first-order chi connectivity index (χ1) is 21.4. The van der Waals surface area contributed by atoms with Gasteiger partial charge in [-0.2, -0.15) is 11.8 Å². The molecule has 1 aromatic rings. The van der Waals surface area contributed by atoms with Crippen molar-refractivity contribution in [3.8, 4) is 0 Å². The summed E-state index contributed by atoms with van der Waals surface area (Å²) in [5.41, 5.74) is 0.923. The minimum atomic E-state index is -0.998. The summed E-state index contributed by atoms with van der Waals surface area (Å²) in [5.74, 6) is -2.74. The molecule has 1 heterocycles. The van der Waals surface area contributed by atoms with Crippen LogP contribution in [0.1, 0.15) is 58.9 Å². The molecule has 5 atom stereocenters. The van der Waals surface area contributed by atoms with Crippen LogP contribution in [0.25, 0.3) is 0 Å². The van der Waals surface area contributed by atoms with Crippen molar-refractivity contribution in [2.45, 2.75) is 90.0 Å². The summed E-state index contributed by atoms with van der Waals surface area (Å²) < 4.78 is 0. The number of hydrogen-bond donors (Lipinski definition) is 5. The summed E-state index contributed by atoms with van der Waals surface area (Å²) in [6, 6.07) is 5.03. The highest BCUT2D eigenvalue weighted by atomic mass is 32.2. The first-order valence-corrected chi connectivity index (χ1v) is 17.1. The molecule has 1 aromatic carbocycles. The van der Waals surface area contributed by atoms with Crippen LogP contribution in [-0.2, 0) is 35.2 Å². The van der Waals surface area contributed by atoms with E-state index in [0.29, 0.717) is 18.6 Å². The number of nitrogens with one attached hydrogen (secondary N) is 5. The predicted molar refractivity (Wildman–Crippen MR) is 173 cm³/mol. The summed E-state index contributed by atoms with van der Waals surface area (Å²) in [7, 11) is 0. The molecule has 0 aromatic heterocycles. The van der Waals surface area contributed by atoms with Crippen LogP contribution in [0.4, 0.5) is 0 Å². The Morgan fingerprint density at radius 3 is 2.11 bits per heavy atom. The van der Waals surface area contributed by atoms with Crippen LogP contribution in [0.2, 0.25) is 0 Å². The van der Waals surface area contributed by atoms with Gasteiger partial charge < -0.3 is 31.5 Å². The number of benzene rings is 1. The molecule has 1 saturated carbocycles. The fourth-order valence-corrected chi connectivity index (χ4v) is 5.75. The van der Waals surface area contributed by atoms with Gasteiger partial charge in [0.2, 0.25) is 35.4 Å². The monoisotopic (exact) mass is 644 g/mol. The van der Waals surface area contributed by atoms with Crippen LogP contribution in [0.5, 0.6) is 0 Å². The van der Waals surface area contributed by atoms with Gasteiger partial charge in [-0.25, -0.2) is 0 Å². The lowest BCUT2D eigenvalue weighted by Crippen LogP contribution is -2.60. The highest BCUT2D eigenvalue weighted by Crippen LogP contribution is 2.28. The number of rotatable bonds is 7. The molecule has 13 heteroatoms. The Kier molecular flexibility index (Phi) is 13.7. The lowest BCUT2D eigenvalue weighted by molar-refractivity contribution is -0.143. The molecule has 2 aliphatic rings. The average molecular weight is 645 g/mol. The number of nitrogens with zero attached hydrogens (tertiary/aromatic N) is 1. The standard InChI is InChI=1S/C32H48N6O6S/c1-19(2)27-31(43)36-25(14-15-45-5)30(42)34-21(4)28(40)35-24(16-22-10-7-6-8-11-22)17-38(32(44)23-12-9-13-23)18-26(39)33-20(3)29(41)37-27/h6-8,10-11,19-21,23-25,27H,9,12-18H2,1-5H3,(H,33,39)(H,34,42)(H,35,40)(H,36,43)(H,37,41)/t20-,21+,24-,25+,27+/m1/s1. The van der Waals surface area contributed by atoms with Crippen molar-refractivity contribution < 1.29 is 28.8 Å². The van der Waals surface area contributed by atoms with Crippen molar-refractivity contribution in [1.82, 2.24) is 31.5 Å². The van der Waals surface area contributed by atoms with Crippen molar-refractivity contribution in [3.63, 3.8) is 0 Å². The molecule has 3 rings (SSSR count). The predicted octanol–water partition coefficient (Wildman–Crippen LogP) is 0.744. The van der Waals surface area contributed by atoms with Crippen molar-refractivity contribution >= 4 is 47.2 Å². The largest absolute Gasteiger partial charge is 0.349 e. The summed E-state index contributed by atoms with van der Waals surface area (Å²) in [6.07, 6.45) is 4.96. The second-order valence-electron chi connectivity index (χ2n) is 12.3. The van der Waals surface area contributed by atoms with Gasteiger partial charge in [0.05, 0.1) is 12.6 Å². The molecule has 45 heavy (non-hydrogen) atoms. The van der Waals surface area contributed by atoms with Crippen molar-refractivity contribution in [2.24, 2.45) is 11.8 Å². The molecule has 12 nitrogen and oxygen atoms in total. The Balaban J connectivity index is 1.95. The molecule has 1 aliphatic carbocycles. The maximum atomic E-state index is 13.5. The molecule has 6 amide bonds. The third-order valence-electron chi connectivity index (χ3n) is 8.23. The first kappa shape index (κ1) is 35.9. The lowest BCUT2D eigenvalue weighted by atomic mass is 9.84. The van der Waals surface area contributed by atoms with E-state index in [-0.39, 0.29) is 30.8 Å². The third kappa shape index (κ3) is 10.8. The van der Waals surface area contributed by atoms with E-state index >= 15 is 0 Å². The number of carbonyl (C=O) groups is 6. The minimum absolute atomic E-state index is 0.0620. The average Bonchev–Trinajstić information content (AvgIpc) is 2.96. The van der Waals surface area contributed by atoms with Gasteiger partial charge in [-0.15, -0.1) is 0 Å². The number of thioether (sulfide) groups is 1. The zero-order valence-electron chi connectivity index (χ0n) is 26.9. The molecule has 2 fully saturated rings. The van der Waals surface area contributed by atoms with Crippen LogP contribution in [-0.4, -0.2) is 95.7 Å². The molecule has 0 spiro atoms. The van der Waals surface area contributed by atoms with E-state index < -0.39 is 59.7 Å². The van der Waals surface area contributed by atoms with Crippen molar-refractivity contribution in [3.05, 3.63) is 35.9 Å². The minimum Gasteiger partial charge on any atom is -0.349 e. The SMILES string of the molecule is CSCC[C@@H]1NC(=O)[C@H](C(C)C)NC(=O)[C@@H](C)NC(=O)CN(C(=O)C2CCC2)C[C@@H](Cc2ccccc2)NC(=O)[C@H](C)NC1=O. The quantitative estimate of drug-likeness (QED) is 0.292. The van der Waals surface area contributed by atoms with E-state index in [0.717, 1.165) is 24.8 Å². The van der Waals surface area contributed by atoms with Crippen LogP contribution < -0.4 is 26.6 Å². The maximum absolute atomic E-state index is 13.5. The zero-order chi connectivity index (χ0) is 33.1. The molecular formula is C32H48N6O6S. The van der Waals surface area contributed by atoms with Crippen LogP contribution >= 0.6 is 11.8 Å². The zero-order valence-corrected chi connectivity index (χ0v) is 27.7. The van der Waals surface area contributed by atoms with Crippen LogP contribution in [0.3, 0.4) is 0 Å². The summed E-state index contributed by atoms with van der Waals surface area (Å²) >= 11 is 1.51. The topological polar surface area (TPSA) is 166 Å². The van der Waals surface area contributed by atoms with Gasteiger partial charge in [-0.3, -0.25) is 28.8 Å². The summed E-state index contributed by atoms with van der Waals surface area (Å²) in [5, 5.41) is 13.8. The molecule has 5 N–H and O–H groups in total. The van der Waals surface area contributed by atoms with Crippen LogP contribution in [0, 0.1) is 11.8 Å². The fraction of sp³-hybridized carbons (Fsp3) is 0.625. The number of carbonyl (C=O) groups excluding carboxylic acids is 6. The van der Waals surface area contributed by atoms with Crippen LogP contribution in [0.15, 0.2) is 30.3 Å². The Bertz CT molecular complexity index is 1210. The van der Waals surface area contributed by atoms with Gasteiger partial charge in [0.15, 0.2) is 0 Å². The van der Waals surface area contributed by atoms with Gasteiger partial charge in [-0.05, 0) is 63.0 Å². The summed E-state index contributed by atoms with van der Waals surface area (Å²) in [4.78, 5) is 81.5. The molecule has 0 unspecified atom stereocenters. The van der Waals surface area contributed by atoms with E-state index in [2.05, 4.69) is 26.6 Å². The number of hydrogen-bond acceptors (Lipinski definition) is 7. The summed E-state index contributed by atoms with van der Waals surface area (Å²) in [6.45, 7) is 6.35. The second-order valence-corrected chi connectivity index (χ2v) is 13.3. The lowest BCUT2D eigenvalue weighted by Gasteiger charge is -2.34. The Hall–Kier alpha value is -3.61. The second kappa shape index (κ2) is 17.2. The highest BCUT2D eigenvalue weighted by Gasteiger charge is 2.35. The van der Waals surface area contributed by atoms with E-state index in [1.54, 1.807) is 20.8 Å². The third-order valence-corrected chi connectivity index (χ3v) is 8.87. The molecule has 1 aliphatic heterocycles. The highest BCUT2D eigenvalue weighted by molar-refractivity contribution is 7.98. The first-order valence-electron chi connectivity index (χ1n) is 15.7. The molecule has 248 valence electrons. The molecule has 0 bridgehead atoms. The fourth-order valence-electron chi connectivity index (χ4n) is 5.28. The molecular weight excluding hydrogens is 596 g/mol. The van der Waals surface area contributed by atoms with Gasteiger partial charge in [-0.1, -0.05) is 50.6 Å². The maximum Gasteiger partial charge on any atom is 0.243 e. The van der Waals surface area contributed by atoms with Gasteiger partial charge in [0.1, 0.15) is 24.2 Å². The smallest absolute Gasteiger partial charge is 0.243 e. The van der Waals surface area contributed by atoms with Gasteiger partial charge in [0, 0.05) is 12.5 Å². The van der Waals surface area contributed by atoms with E-state index in [1.165, 1.54) is 23.6 Å². The Morgan fingerprint density at radius 1 is 0.867 bits per heavy atom.